The first-order valence-corrected chi connectivity index (χ1v) is 16.3. The molecule has 0 saturated heterocycles. The fraction of sp³-hybridized carbons (Fsp3) is 0.103. The monoisotopic (exact) mass is 581 g/mol. The summed E-state index contributed by atoms with van der Waals surface area (Å²) < 4.78 is 0. The number of hydrogen-bond donors (Lipinski definition) is 0. The van der Waals surface area contributed by atoms with Crippen molar-refractivity contribution in [3.8, 4) is 21.6 Å². The van der Waals surface area contributed by atoms with Crippen LogP contribution in [0.5, 0.6) is 0 Å². The van der Waals surface area contributed by atoms with Gasteiger partial charge in [-0.15, -0.1) is 11.3 Å². The molecule has 0 aliphatic rings. The SMILES string of the molecule is CC(C)(C)c1ccc(C(=O)c2ccc(-c3ccsc3-c3ccc([S+](c4ccccc4)c4ccccc4)cc3)cc2)cc1. The molecule has 0 amide bonds. The van der Waals surface area contributed by atoms with Crippen molar-refractivity contribution in [1.82, 2.24) is 0 Å². The van der Waals surface area contributed by atoms with Crippen LogP contribution in [0.1, 0.15) is 42.3 Å². The summed E-state index contributed by atoms with van der Waals surface area (Å²) in [5, 5.41) is 2.15. The highest BCUT2D eigenvalue weighted by Gasteiger charge is 2.28. The average molecular weight is 582 g/mol. The third kappa shape index (κ3) is 5.90. The Balaban J connectivity index is 1.25. The molecular weight excluding hydrogens is 549 g/mol. The molecule has 0 fully saturated rings. The van der Waals surface area contributed by atoms with Crippen LogP contribution in [0.3, 0.4) is 0 Å². The van der Waals surface area contributed by atoms with Gasteiger partial charge in [-0.1, -0.05) is 106 Å². The van der Waals surface area contributed by atoms with Gasteiger partial charge < -0.3 is 0 Å². The maximum Gasteiger partial charge on any atom is 0.193 e. The molecule has 6 aromatic rings. The van der Waals surface area contributed by atoms with Gasteiger partial charge >= 0.3 is 0 Å². The van der Waals surface area contributed by atoms with Gasteiger partial charge in [0, 0.05) is 21.6 Å². The minimum absolute atomic E-state index is 0.0513. The van der Waals surface area contributed by atoms with Gasteiger partial charge in [0.15, 0.2) is 20.5 Å². The van der Waals surface area contributed by atoms with Gasteiger partial charge in [0.25, 0.3) is 0 Å². The zero-order valence-corrected chi connectivity index (χ0v) is 25.7. The van der Waals surface area contributed by atoms with Gasteiger partial charge in [-0.3, -0.25) is 4.79 Å². The average Bonchev–Trinajstić information content (AvgIpc) is 3.52. The highest BCUT2D eigenvalue weighted by Crippen LogP contribution is 2.39. The van der Waals surface area contributed by atoms with E-state index in [4.69, 9.17) is 0 Å². The van der Waals surface area contributed by atoms with Crippen molar-refractivity contribution < 1.29 is 4.79 Å². The van der Waals surface area contributed by atoms with Crippen LogP contribution in [-0.4, -0.2) is 5.78 Å². The van der Waals surface area contributed by atoms with Gasteiger partial charge in [0.1, 0.15) is 0 Å². The molecule has 0 aliphatic carbocycles. The number of rotatable bonds is 7. The molecule has 0 radical (unpaired) electrons. The number of hydrogen-bond acceptors (Lipinski definition) is 2. The molecule has 6 rings (SSSR count). The minimum atomic E-state index is -0.169. The van der Waals surface area contributed by atoms with Crippen LogP contribution in [-0.2, 0) is 16.3 Å². The van der Waals surface area contributed by atoms with Crippen LogP contribution in [0.4, 0.5) is 0 Å². The second-order valence-electron chi connectivity index (χ2n) is 11.4. The van der Waals surface area contributed by atoms with E-state index >= 15 is 0 Å². The molecule has 0 aliphatic heterocycles. The maximum atomic E-state index is 13.2. The van der Waals surface area contributed by atoms with E-state index in [0.29, 0.717) is 5.56 Å². The van der Waals surface area contributed by atoms with Crippen LogP contribution < -0.4 is 0 Å². The van der Waals surface area contributed by atoms with Gasteiger partial charge in [0.05, 0.1) is 10.9 Å². The zero-order valence-electron chi connectivity index (χ0n) is 24.1. The van der Waals surface area contributed by atoms with E-state index in [1.165, 1.54) is 36.3 Å². The van der Waals surface area contributed by atoms with E-state index in [2.05, 4.69) is 141 Å². The van der Waals surface area contributed by atoms with Gasteiger partial charge in [-0.2, -0.15) is 0 Å². The quantitative estimate of drug-likeness (QED) is 0.135. The van der Waals surface area contributed by atoms with E-state index in [-0.39, 0.29) is 22.1 Å². The molecule has 42 heavy (non-hydrogen) atoms. The molecule has 3 heteroatoms. The largest absolute Gasteiger partial charge is 0.289 e. The molecule has 0 bridgehead atoms. The summed E-state index contributed by atoms with van der Waals surface area (Å²) in [6.07, 6.45) is 0. The summed E-state index contributed by atoms with van der Waals surface area (Å²) in [6, 6.07) is 48.7. The molecule has 5 aromatic carbocycles. The van der Waals surface area contributed by atoms with Crippen LogP contribution in [0.15, 0.2) is 160 Å². The van der Waals surface area contributed by atoms with Crippen molar-refractivity contribution in [3.05, 3.63) is 162 Å². The number of benzene rings is 5. The fourth-order valence-corrected chi connectivity index (χ4v) is 8.12. The van der Waals surface area contributed by atoms with Crippen LogP contribution >= 0.6 is 11.3 Å². The van der Waals surface area contributed by atoms with Crippen molar-refractivity contribution in [3.63, 3.8) is 0 Å². The Morgan fingerprint density at radius 3 is 1.55 bits per heavy atom. The second kappa shape index (κ2) is 12.0. The van der Waals surface area contributed by atoms with Crippen LogP contribution in [0.25, 0.3) is 21.6 Å². The Morgan fingerprint density at radius 2 is 1.02 bits per heavy atom. The summed E-state index contributed by atoms with van der Waals surface area (Å²) in [6.45, 7) is 6.55. The van der Waals surface area contributed by atoms with Crippen molar-refractivity contribution in [2.24, 2.45) is 0 Å². The molecule has 206 valence electrons. The third-order valence-corrected chi connectivity index (χ3v) is 10.6. The fourth-order valence-electron chi connectivity index (χ4n) is 5.11. The Kier molecular flexibility index (Phi) is 7.97. The lowest BCUT2D eigenvalue weighted by Gasteiger charge is -2.19. The second-order valence-corrected chi connectivity index (χ2v) is 14.3. The summed E-state index contributed by atoms with van der Waals surface area (Å²) in [5.41, 5.74) is 6.22. The summed E-state index contributed by atoms with van der Waals surface area (Å²) >= 11 is 1.75. The maximum absolute atomic E-state index is 13.2. The molecule has 0 unspecified atom stereocenters. The molecule has 1 aromatic heterocycles. The third-order valence-electron chi connectivity index (χ3n) is 7.45. The van der Waals surface area contributed by atoms with Gasteiger partial charge in [-0.05, 0) is 82.1 Å². The molecule has 1 nitrogen and oxygen atoms in total. The lowest BCUT2D eigenvalue weighted by atomic mass is 9.86. The lowest BCUT2D eigenvalue weighted by molar-refractivity contribution is 0.103. The summed E-state index contributed by atoms with van der Waals surface area (Å²) in [4.78, 5) is 18.3. The minimum Gasteiger partial charge on any atom is -0.289 e. The number of ketones is 1. The van der Waals surface area contributed by atoms with E-state index < -0.39 is 0 Å². The van der Waals surface area contributed by atoms with Crippen molar-refractivity contribution in [2.75, 3.05) is 0 Å². The topological polar surface area (TPSA) is 17.1 Å². The molecule has 1 heterocycles. The first-order chi connectivity index (χ1) is 20.4. The Hall–Kier alpha value is -4.18. The van der Waals surface area contributed by atoms with E-state index in [1.54, 1.807) is 11.3 Å². The molecule has 0 spiro atoms. The van der Waals surface area contributed by atoms with E-state index in [0.717, 1.165) is 11.1 Å². The Labute approximate surface area is 255 Å². The molecule has 0 N–H and O–H groups in total. The number of carbonyl (C=O) groups excluding carboxylic acids is 1. The molecule has 0 atom stereocenters. The normalized spacial score (nSPS) is 11.5. The van der Waals surface area contributed by atoms with Crippen molar-refractivity contribution >= 4 is 28.0 Å². The first-order valence-electron chi connectivity index (χ1n) is 14.2. The highest BCUT2D eigenvalue weighted by molar-refractivity contribution is 7.97. The Morgan fingerprint density at radius 1 is 0.548 bits per heavy atom. The standard InChI is InChI=1S/C39H33OS2/c1-39(2,3)32-22-18-30(19-23-32)37(40)29-16-14-28(15-17-29)36-26-27-41-38(36)31-20-24-35(25-21-31)42(33-10-6-4-7-11-33)34-12-8-5-9-13-34/h4-27H,1-3H3/q+1. The smallest absolute Gasteiger partial charge is 0.193 e. The number of thiophene rings is 1. The van der Waals surface area contributed by atoms with E-state index in [9.17, 15) is 4.79 Å². The highest BCUT2D eigenvalue weighted by atomic mass is 32.2. The van der Waals surface area contributed by atoms with Gasteiger partial charge in [0.2, 0.25) is 0 Å². The van der Waals surface area contributed by atoms with Gasteiger partial charge in [-0.25, -0.2) is 0 Å². The summed E-state index contributed by atoms with van der Waals surface area (Å²) in [7, 11) is -0.169. The van der Waals surface area contributed by atoms with Crippen LogP contribution in [0, 0.1) is 0 Å². The molecule has 0 saturated carbocycles. The van der Waals surface area contributed by atoms with Crippen molar-refractivity contribution in [1.29, 1.82) is 0 Å². The lowest BCUT2D eigenvalue weighted by Crippen LogP contribution is -2.11. The van der Waals surface area contributed by atoms with Crippen LogP contribution in [0.2, 0.25) is 0 Å². The Bertz CT molecular complexity index is 1740. The zero-order chi connectivity index (χ0) is 29.1. The predicted molar refractivity (Wildman–Crippen MR) is 179 cm³/mol. The predicted octanol–water partition coefficient (Wildman–Crippen LogP) is 10.7. The van der Waals surface area contributed by atoms with E-state index in [1.807, 2.05) is 24.3 Å². The summed E-state index contributed by atoms with van der Waals surface area (Å²) in [5.74, 6) is 0.0513. The number of carbonyl (C=O) groups is 1. The van der Waals surface area contributed by atoms with Crippen molar-refractivity contribution in [2.45, 2.75) is 40.9 Å². The first kappa shape index (κ1) is 28.0. The molecular formula is C39H33OS2+.